The van der Waals surface area contributed by atoms with Gasteiger partial charge < -0.3 is 9.42 Å². The number of piperidine rings is 1. The maximum Gasteiger partial charge on any atom is 0.276 e. The monoisotopic (exact) mass is 403 g/mol. The first kappa shape index (κ1) is 18.4. The van der Waals surface area contributed by atoms with Gasteiger partial charge in [-0.3, -0.25) is 9.52 Å². The molecule has 0 spiro atoms. The molecule has 0 bridgehead atoms. The highest BCUT2D eigenvalue weighted by Crippen LogP contribution is 2.26. The molecule has 1 aromatic heterocycles. The predicted molar refractivity (Wildman–Crippen MR) is 101 cm³/mol. The van der Waals surface area contributed by atoms with Crippen molar-refractivity contribution in [3.63, 3.8) is 0 Å². The Morgan fingerprint density at radius 2 is 1.89 bits per heavy atom. The SMILES string of the molecule is O=C(c1noc2ccc(S(=O)(=O)Nc3cccc(F)c3)cc12)N1CCCCC1. The highest BCUT2D eigenvalue weighted by Gasteiger charge is 2.25. The second-order valence-corrected chi connectivity index (χ2v) is 8.34. The highest BCUT2D eigenvalue weighted by atomic mass is 32.2. The molecule has 2 heterocycles. The number of hydrogen-bond acceptors (Lipinski definition) is 5. The van der Waals surface area contributed by atoms with E-state index in [9.17, 15) is 17.6 Å². The molecular formula is C19H18FN3O4S. The summed E-state index contributed by atoms with van der Waals surface area (Å²) in [5, 5.41) is 4.19. The van der Waals surface area contributed by atoms with Crippen LogP contribution in [0.25, 0.3) is 11.0 Å². The number of benzene rings is 2. The van der Waals surface area contributed by atoms with E-state index < -0.39 is 15.8 Å². The Kier molecular flexibility index (Phi) is 4.76. The van der Waals surface area contributed by atoms with E-state index in [1.165, 1.54) is 36.4 Å². The fraction of sp³-hybridized carbons (Fsp3) is 0.263. The molecule has 146 valence electrons. The molecule has 0 atom stereocenters. The first-order valence-corrected chi connectivity index (χ1v) is 10.4. The number of aromatic nitrogens is 1. The van der Waals surface area contributed by atoms with Crippen molar-refractivity contribution in [1.29, 1.82) is 0 Å². The summed E-state index contributed by atoms with van der Waals surface area (Å²) in [5.41, 5.74) is 0.528. The number of rotatable bonds is 4. The van der Waals surface area contributed by atoms with Crippen LogP contribution in [0.2, 0.25) is 0 Å². The van der Waals surface area contributed by atoms with E-state index in [1.807, 2.05) is 0 Å². The van der Waals surface area contributed by atoms with Crippen molar-refractivity contribution in [3.8, 4) is 0 Å². The van der Waals surface area contributed by atoms with Crippen molar-refractivity contribution in [2.45, 2.75) is 24.2 Å². The number of likely N-dealkylation sites (tertiary alicyclic amines) is 1. The van der Waals surface area contributed by atoms with Gasteiger partial charge in [-0.1, -0.05) is 11.2 Å². The normalized spacial score (nSPS) is 15.0. The summed E-state index contributed by atoms with van der Waals surface area (Å²) in [6, 6.07) is 9.32. The van der Waals surface area contributed by atoms with E-state index in [2.05, 4.69) is 9.88 Å². The van der Waals surface area contributed by atoms with Crippen LogP contribution >= 0.6 is 0 Å². The molecule has 1 amide bonds. The van der Waals surface area contributed by atoms with Gasteiger partial charge in [0.2, 0.25) is 0 Å². The van der Waals surface area contributed by atoms with Crippen molar-refractivity contribution in [1.82, 2.24) is 10.1 Å². The minimum Gasteiger partial charge on any atom is -0.355 e. The number of anilines is 1. The Labute approximate surface area is 161 Å². The van der Waals surface area contributed by atoms with Crippen LogP contribution in [0.5, 0.6) is 0 Å². The van der Waals surface area contributed by atoms with Gasteiger partial charge in [-0.2, -0.15) is 0 Å². The van der Waals surface area contributed by atoms with Crippen LogP contribution in [0, 0.1) is 5.82 Å². The van der Waals surface area contributed by atoms with Crippen molar-refractivity contribution >= 4 is 32.6 Å². The molecule has 0 unspecified atom stereocenters. The van der Waals surface area contributed by atoms with Gasteiger partial charge in [0.25, 0.3) is 15.9 Å². The smallest absolute Gasteiger partial charge is 0.276 e. The van der Waals surface area contributed by atoms with E-state index in [4.69, 9.17) is 4.52 Å². The number of carbonyl (C=O) groups excluding carboxylic acids is 1. The fourth-order valence-electron chi connectivity index (χ4n) is 3.25. The summed E-state index contributed by atoms with van der Waals surface area (Å²) in [7, 11) is -3.98. The molecule has 0 saturated carbocycles. The van der Waals surface area contributed by atoms with Crippen molar-refractivity contribution in [3.05, 3.63) is 54.0 Å². The third-order valence-corrected chi connectivity index (χ3v) is 6.05. The maximum absolute atomic E-state index is 13.3. The van der Waals surface area contributed by atoms with Gasteiger partial charge in [-0.25, -0.2) is 12.8 Å². The van der Waals surface area contributed by atoms with Gasteiger partial charge in [0.15, 0.2) is 11.3 Å². The Morgan fingerprint density at radius 1 is 1.11 bits per heavy atom. The van der Waals surface area contributed by atoms with E-state index in [-0.39, 0.29) is 22.2 Å². The summed E-state index contributed by atoms with van der Waals surface area (Å²) in [6.07, 6.45) is 2.94. The number of nitrogens with zero attached hydrogens (tertiary/aromatic N) is 2. The molecule has 1 N–H and O–H groups in total. The van der Waals surface area contributed by atoms with Gasteiger partial charge in [0, 0.05) is 13.1 Å². The van der Waals surface area contributed by atoms with Crippen molar-refractivity contribution in [2.24, 2.45) is 0 Å². The lowest BCUT2D eigenvalue weighted by atomic mass is 10.1. The molecule has 1 saturated heterocycles. The zero-order chi connectivity index (χ0) is 19.7. The quantitative estimate of drug-likeness (QED) is 0.721. The maximum atomic E-state index is 13.3. The minimum atomic E-state index is -3.98. The molecule has 1 fully saturated rings. The van der Waals surface area contributed by atoms with Crippen LogP contribution in [0.3, 0.4) is 0 Å². The number of fused-ring (bicyclic) bond motifs is 1. The molecule has 1 aliphatic heterocycles. The van der Waals surface area contributed by atoms with Gasteiger partial charge in [0.05, 0.1) is 16.0 Å². The molecule has 28 heavy (non-hydrogen) atoms. The van der Waals surface area contributed by atoms with Crippen molar-refractivity contribution < 1.29 is 22.1 Å². The summed E-state index contributed by atoms with van der Waals surface area (Å²) < 4.78 is 46.2. The molecule has 3 aromatic rings. The second-order valence-electron chi connectivity index (χ2n) is 6.66. The molecule has 0 radical (unpaired) electrons. The number of hydrogen-bond donors (Lipinski definition) is 1. The van der Waals surface area contributed by atoms with E-state index in [0.29, 0.717) is 24.1 Å². The highest BCUT2D eigenvalue weighted by molar-refractivity contribution is 7.92. The number of sulfonamides is 1. The Bertz CT molecular complexity index is 1140. The standard InChI is InChI=1S/C19H18FN3O4S/c20-13-5-4-6-14(11-13)22-28(25,26)15-7-8-17-16(12-15)18(21-27-17)19(24)23-9-2-1-3-10-23/h4-8,11-12,22H,1-3,9-10H2. The van der Waals surface area contributed by atoms with Gasteiger partial charge >= 0.3 is 0 Å². The van der Waals surface area contributed by atoms with Gasteiger partial charge in [-0.15, -0.1) is 0 Å². The first-order valence-electron chi connectivity index (χ1n) is 8.91. The van der Waals surface area contributed by atoms with Crippen molar-refractivity contribution in [2.75, 3.05) is 17.8 Å². The first-order chi connectivity index (χ1) is 13.4. The zero-order valence-corrected chi connectivity index (χ0v) is 15.7. The molecule has 4 rings (SSSR count). The minimum absolute atomic E-state index is 0.0693. The summed E-state index contributed by atoms with van der Waals surface area (Å²) >= 11 is 0. The second kappa shape index (κ2) is 7.23. The Morgan fingerprint density at radius 3 is 2.64 bits per heavy atom. The average molecular weight is 403 g/mol. The lowest BCUT2D eigenvalue weighted by molar-refractivity contribution is 0.0716. The van der Waals surface area contributed by atoms with E-state index >= 15 is 0 Å². The zero-order valence-electron chi connectivity index (χ0n) is 14.9. The number of halogens is 1. The molecule has 1 aliphatic rings. The predicted octanol–water partition coefficient (Wildman–Crippen LogP) is 3.39. The van der Waals surface area contributed by atoms with Gasteiger partial charge in [0.1, 0.15) is 5.82 Å². The lowest BCUT2D eigenvalue weighted by Crippen LogP contribution is -2.35. The molecule has 0 aliphatic carbocycles. The fourth-order valence-corrected chi connectivity index (χ4v) is 4.33. The molecule has 2 aromatic carbocycles. The summed E-state index contributed by atoms with van der Waals surface area (Å²) in [6.45, 7) is 1.29. The number of nitrogens with one attached hydrogen (secondary N) is 1. The number of amides is 1. The third-order valence-electron chi connectivity index (χ3n) is 4.67. The molecular weight excluding hydrogens is 385 g/mol. The van der Waals surface area contributed by atoms with Crippen LogP contribution in [-0.4, -0.2) is 37.5 Å². The Balaban J connectivity index is 1.67. The van der Waals surface area contributed by atoms with Crippen LogP contribution in [-0.2, 0) is 10.0 Å². The lowest BCUT2D eigenvalue weighted by Gasteiger charge is -2.25. The molecule has 9 heteroatoms. The topological polar surface area (TPSA) is 92.5 Å². The summed E-state index contributed by atoms with van der Waals surface area (Å²) in [5.74, 6) is -0.824. The van der Waals surface area contributed by atoms with Gasteiger partial charge in [-0.05, 0) is 55.7 Å². The van der Waals surface area contributed by atoms with Crippen LogP contribution in [0.1, 0.15) is 29.8 Å². The van der Waals surface area contributed by atoms with Crippen LogP contribution in [0.15, 0.2) is 51.9 Å². The Hall–Kier alpha value is -2.94. The van der Waals surface area contributed by atoms with Crippen LogP contribution < -0.4 is 4.72 Å². The number of carbonyl (C=O) groups is 1. The molecule has 7 nitrogen and oxygen atoms in total. The van der Waals surface area contributed by atoms with E-state index in [0.717, 1.165) is 25.3 Å². The van der Waals surface area contributed by atoms with E-state index in [1.54, 1.807) is 4.90 Å². The summed E-state index contributed by atoms with van der Waals surface area (Å²) in [4.78, 5) is 14.4. The largest absolute Gasteiger partial charge is 0.355 e. The average Bonchev–Trinajstić information content (AvgIpc) is 3.11. The third kappa shape index (κ3) is 3.57. The van der Waals surface area contributed by atoms with Crippen LogP contribution in [0.4, 0.5) is 10.1 Å².